The van der Waals surface area contributed by atoms with Crippen LogP contribution in [0.4, 0.5) is 10.8 Å². The second-order valence-corrected chi connectivity index (χ2v) is 6.14. The van der Waals surface area contributed by atoms with Gasteiger partial charge in [-0.15, -0.1) is 0 Å². The van der Waals surface area contributed by atoms with Crippen molar-refractivity contribution in [3.8, 4) is 0 Å². The van der Waals surface area contributed by atoms with Gasteiger partial charge in [-0.1, -0.05) is 36.0 Å². The van der Waals surface area contributed by atoms with Crippen molar-refractivity contribution in [2.75, 3.05) is 18.5 Å². The van der Waals surface area contributed by atoms with E-state index in [1.165, 1.54) is 16.1 Å². The molecule has 4 heteroatoms. The van der Waals surface area contributed by atoms with Gasteiger partial charge in [0.15, 0.2) is 5.13 Å². The van der Waals surface area contributed by atoms with Crippen molar-refractivity contribution >= 4 is 22.2 Å². The van der Waals surface area contributed by atoms with Crippen LogP contribution in [-0.4, -0.2) is 18.6 Å². The van der Waals surface area contributed by atoms with Crippen molar-refractivity contribution < 1.29 is 0 Å². The van der Waals surface area contributed by atoms with Gasteiger partial charge in [0.2, 0.25) is 0 Å². The van der Waals surface area contributed by atoms with Gasteiger partial charge in [-0.3, -0.25) is 0 Å². The van der Waals surface area contributed by atoms with Gasteiger partial charge in [-0.25, -0.2) is 4.98 Å². The van der Waals surface area contributed by atoms with E-state index in [9.17, 15) is 0 Å². The van der Waals surface area contributed by atoms with Crippen molar-refractivity contribution in [1.82, 2.24) is 10.3 Å². The van der Waals surface area contributed by atoms with Crippen LogP contribution in [0.5, 0.6) is 0 Å². The average molecular weight is 289 g/mol. The van der Waals surface area contributed by atoms with Gasteiger partial charge in [0, 0.05) is 24.2 Å². The molecule has 3 nitrogen and oxygen atoms in total. The molecule has 1 aromatic heterocycles. The number of benzene rings is 1. The predicted molar refractivity (Wildman–Crippen MR) is 88.1 cm³/mol. The van der Waals surface area contributed by atoms with E-state index in [-0.39, 0.29) is 0 Å². The Kier molecular flexibility index (Phi) is 5.15. The largest absolute Gasteiger partial charge is 0.321 e. The summed E-state index contributed by atoms with van der Waals surface area (Å²) in [4.78, 5) is 8.17. The van der Waals surface area contributed by atoms with E-state index < -0.39 is 0 Å². The maximum absolute atomic E-state index is 4.69. The minimum Gasteiger partial charge on any atom is -0.321 e. The third kappa shape index (κ3) is 3.58. The smallest absolute Gasteiger partial charge is 0.190 e. The molecule has 1 N–H and O–H groups in total. The fourth-order valence-electron chi connectivity index (χ4n) is 1.98. The summed E-state index contributed by atoms with van der Waals surface area (Å²) in [6.07, 6.45) is 1.16. The van der Waals surface area contributed by atoms with Crippen LogP contribution in [0.15, 0.2) is 24.3 Å². The summed E-state index contributed by atoms with van der Waals surface area (Å²) in [5.74, 6) is 0. The topological polar surface area (TPSA) is 28.2 Å². The molecule has 0 aliphatic carbocycles. The van der Waals surface area contributed by atoms with Gasteiger partial charge < -0.3 is 10.2 Å². The average Bonchev–Trinajstić information content (AvgIpc) is 2.81. The summed E-state index contributed by atoms with van der Waals surface area (Å²) in [6, 6.07) is 8.55. The quantitative estimate of drug-likeness (QED) is 0.814. The summed E-state index contributed by atoms with van der Waals surface area (Å²) in [5, 5.41) is 4.50. The number of thiazole rings is 1. The van der Waals surface area contributed by atoms with Crippen LogP contribution in [-0.2, 0) is 6.54 Å². The lowest BCUT2D eigenvalue weighted by atomic mass is 10.2. The fraction of sp³-hybridized carbons (Fsp3) is 0.438. The van der Waals surface area contributed by atoms with E-state index in [0.717, 1.165) is 30.3 Å². The molecule has 1 heterocycles. The van der Waals surface area contributed by atoms with Gasteiger partial charge in [0.05, 0.1) is 5.69 Å². The highest BCUT2D eigenvalue weighted by Gasteiger charge is 2.12. The molecular formula is C16H23N3S. The summed E-state index contributed by atoms with van der Waals surface area (Å²) in [6.45, 7) is 8.35. The van der Waals surface area contributed by atoms with E-state index in [2.05, 4.69) is 62.3 Å². The monoisotopic (exact) mass is 289 g/mol. The lowest BCUT2D eigenvalue weighted by molar-refractivity contribution is 0.678. The van der Waals surface area contributed by atoms with E-state index >= 15 is 0 Å². The Morgan fingerprint density at radius 2 is 1.90 bits per heavy atom. The highest BCUT2D eigenvalue weighted by atomic mass is 32.1. The van der Waals surface area contributed by atoms with Crippen LogP contribution >= 0.6 is 11.3 Å². The highest BCUT2D eigenvalue weighted by Crippen LogP contribution is 2.30. The second-order valence-electron chi connectivity index (χ2n) is 5.08. The zero-order chi connectivity index (χ0) is 14.5. The van der Waals surface area contributed by atoms with Crippen molar-refractivity contribution in [1.29, 1.82) is 0 Å². The fourth-order valence-corrected chi connectivity index (χ4v) is 2.99. The van der Waals surface area contributed by atoms with E-state index in [0.29, 0.717) is 0 Å². The molecule has 0 spiro atoms. The van der Waals surface area contributed by atoms with Crippen LogP contribution in [0.1, 0.15) is 29.5 Å². The minimum absolute atomic E-state index is 0.916. The maximum Gasteiger partial charge on any atom is 0.190 e. The van der Waals surface area contributed by atoms with Crippen molar-refractivity contribution in [2.24, 2.45) is 0 Å². The summed E-state index contributed by atoms with van der Waals surface area (Å²) >= 11 is 1.77. The molecule has 0 aliphatic rings. The zero-order valence-electron chi connectivity index (χ0n) is 12.7. The van der Waals surface area contributed by atoms with E-state index in [4.69, 9.17) is 4.98 Å². The number of aromatic nitrogens is 1. The third-order valence-electron chi connectivity index (χ3n) is 3.30. The minimum atomic E-state index is 0.916. The number of aryl methyl sites for hydroxylation is 2. The van der Waals surface area contributed by atoms with Crippen LogP contribution in [0.25, 0.3) is 0 Å². The first-order chi connectivity index (χ1) is 9.61. The Balaban J connectivity index is 2.12. The zero-order valence-corrected chi connectivity index (χ0v) is 13.5. The molecule has 0 saturated carbocycles. The molecular weight excluding hydrogens is 266 g/mol. The standard InChI is InChI=1S/C16H23N3S/c1-5-10-17-11-15-13(3)18-16(20-15)19(4)14-8-6-12(2)7-9-14/h6-9,17H,5,10-11H2,1-4H3. The molecule has 1 aromatic carbocycles. The first-order valence-corrected chi connectivity index (χ1v) is 7.91. The third-order valence-corrected chi connectivity index (χ3v) is 4.54. The number of rotatable bonds is 6. The van der Waals surface area contributed by atoms with E-state index in [1.54, 1.807) is 11.3 Å². The highest BCUT2D eigenvalue weighted by molar-refractivity contribution is 7.15. The number of nitrogens with one attached hydrogen (secondary N) is 1. The summed E-state index contributed by atoms with van der Waals surface area (Å²) in [7, 11) is 2.08. The summed E-state index contributed by atoms with van der Waals surface area (Å²) in [5.41, 5.74) is 3.59. The predicted octanol–water partition coefficient (Wildman–Crippen LogP) is 4.03. The van der Waals surface area contributed by atoms with Crippen LogP contribution in [0, 0.1) is 13.8 Å². The molecule has 0 aliphatic heterocycles. The SMILES string of the molecule is CCCNCc1sc(N(C)c2ccc(C)cc2)nc1C. The van der Waals surface area contributed by atoms with Gasteiger partial charge in [-0.05, 0) is 38.9 Å². The molecule has 0 bridgehead atoms. The van der Waals surface area contributed by atoms with Crippen molar-refractivity contribution in [3.63, 3.8) is 0 Å². The first kappa shape index (κ1) is 15.0. The second kappa shape index (κ2) is 6.86. The van der Waals surface area contributed by atoms with Crippen LogP contribution < -0.4 is 10.2 Å². The normalized spacial score (nSPS) is 10.8. The van der Waals surface area contributed by atoms with Crippen molar-refractivity contribution in [3.05, 3.63) is 40.4 Å². The first-order valence-electron chi connectivity index (χ1n) is 7.09. The van der Waals surface area contributed by atoms with Crippen LogP contribution in [0.3, 0.4) is 0 Å². The van der Waals surface area contributed by atoms with Gasteiger partial charge >= 0.3 is 0 Å². The molecule has 2 rings (SSSR count). The molecule has 0 radical (unpaired) electrons. The summed E-state index contributed by atoms with van der Waals surface area (Å²) < 4.78 is 0. The van der Waals surface area contributed by atoms with Crippen molar-refractivity contribution in [2.45, 2.75) is 33.7 Å². The molecule has 108 valence electrons. The number of nitrogens with zero attached hydrogens (tertiary/aromatic N) is 2. The Hall–Kier alpha value is -1.39. The lowest BCUT2D eigenvalue weighted by Gasteiger charge is -2.15. The molecule has 2 aromatic rings. The Morgan fingerprint density at radius 3 is 2.55 bits per heavy atom. The Morgan fingerprint density at radius 1 is 1.20 bits per heavy atom. The number of hydrogen-bond acceptors (Lipinski definition) is 4. The maximum atomic E-state index is 4.69. The molecule has 0 fully saturated rings. The number of anilines is 2. The van der Waals surface area contributed by atoms with Gasteiger partial charge in [0.25, 0.3) is 0 Å². The number of hydrogen-bond donors (Lipinski definition) is 1. The molecule has 0 unspecified atom stereocenters. The molecule has 0 atom stereocenters. The Bertz CT molecular complexity index is 545. The lowest BCUT2D eigenvalue weighted by Crippen LogP contribution is -2.13. The molecule has 0 amide bonds. The van der Waals surface area contributed by atoms with Gasteiger partial charge in [-0.2, -0.15) is 0 Å². The van der Waals surface area contributed by atoms with Gasteiger partial charge in [0.1, 0.15) is 0 Å². The van der Waals surface area contributed by atoms with Crippen LogP contribution in [0.2, 0.25) is 0 Å². The van der Waals surface area contributed by atoms with E-state index in [1.807, 2.05) is 0 Å². The molecule has 0 saturated heterocycles. The molecule has 20 heavy (non-hydrogen) atoms. The Labute approximate surface area is 125 Å².